The zero-order valence-corrected chi connectivity index (χ0v) is 13.2. The molecule has 0 bridgehead atoms. The van der Waals surface area contributed by atoms with Crippen LogP contribution in [0.3, 0.4) is 0 Å². The van der Waals surface area contributed by atoms with Gasteiger partial charge in [-0.25, -0.2) is 0 Å². The van der Waals surface area contributed by atoms with Gasteiger partial charge >= 0.3 is 0 Å². The van der Waals surface area contributed by atoms with Crippen molar-refractivity contribution in [2.75, 3.05) is 0 Å². The fourth-order valence-corrected chi connectivity index (χ4v) is 2.65. The molecule has 0 saturated carbocycles. The molecule has 1 aromatic rings. The van der Waals surface area contributed by atoms with E-state index in [1.807, 2.05) is 6.92 Å². The first kappa shape index (κ1) is 14.8. The first-order chi connectivity index (χ1) is 9.34. The van der Waals surface area contributed by atoms with E-state index in [4.69, 9.17) is 0 Å². The molecule has 1 unspecified atom stereocenters. The van der Waals surface area contributed by atoms with Crippen LogP contribution in [-0.2, 0) is 5.41 Å². The van der Waals surface area contributed by atoms with Gasteiger partial charge in [0.05, 0.1) is 0 Å². The number of hydrogen-bond acceptors (Lipinski definition) is 1. The van der Waals surface area contributed by atoms with Crippen molar-refractivity contribution in [2.45, 2.75) is 52.4 Å². The van der Waals surface area contributed by atoms with Gasteiger partial charge in [0.1, 0.15) is 0 Å². The molecule has 1 nitrogen and oxygen atoms in total. The molecule has 20 heavy (non-hydrogen) atoms. The summed E-state index contributed by atoms with van der Waals surface area (Å²) in [5.74, 6) is 0.494. The standard InChI is InChI=1S/C19H24O/c1-6-18(20)17-12-14(19(3,4)5)10-11-16(17)15-9-7-8-13(15)2/h7-12,15H,6H2,1-5H3. The maximum atomic E-state index is 12.3. The van der Waals surface area contributed by atoms with Gasteiger partial charge in [-0.05, 0) is 29.5 Å². The third kappa shape index (κ3) is 2.77. The number of carbonyl (C=O) groups excluding carboxylic acids is 1. The van der Waals surface area contributed by atoms with E-state index in [0.29, 0.717) is 6.42 Å². The summed E-state index contributed by atoms with van der Waals surface area (Å²) in [5, 5.41) is 0. The number of benzene rings is 1. The predicted octanol–water partition coefficient (Wildman–Crippen LogP) is 5.18. The van der Waals surface area contributed by atoms with Crippen LogP contribution in [0.25, 0.3) is 0 Å². The summed E-state index contributed by atoms with van der Waals surface area (Å²) in [6.07, 6.45) is 6.94. The second kappa shape index (κ2) is 5.40. The van der Waals surface area contributed by atoms with Crippen molar-refractivity contribution in [3.05, 3.63) is 58.7 Å². The fraction of sp³-hybridized carbons (Fsp3) is 0.421. The van der Waals surface area contributed by atoms with Crippen molar-refractivity contribution >= 4 is 5.78 Å². The molecule has 0 heterocycles. The minimum Gasteiger partial charge on any atom is -0.294 e. The lowest BCUT2D eigenvalue weighted by Crippen LogP contribution is -2.14. The first-order valence-corrected chi connectivity index (χ1v) is 7.37. The van der Waals surface area contributed by atoms with Crippen molar-refractivity contribution < 1.29 is 4.79 Å². The van der Waals surface area contributed by atoms with Gasteiger partial charge in [0.25, 0.3) is 0 Å². The molecule has 0 fully saturated rings. The Morgan fingerprint density at radius 3 is 2.45 bits per heavy atom. The lowest BCUT2D eigenvalue weighted by molar-refractivity contribution is 0.0987. The molecule has 0 aromatic heterocycles. The van der Waals surface area contributed by atoms with Gasteiger partial charge in [-0.1, -0.05) is 63.6 Å². The van der Waals surface area contributed by atoms with Gasteiger partial charge in [-0.3, -0.25) is 4.79 Å². The molecular weight excluding hydrogens is 244 g/mol. The lowest BCUT2D eigenvalue weighted by Gasteiger charge is -2.23. The van der Waals surface area contributed by atoms with E-state index in [1.165, 1.54) is 11.1 Å². The summed E-state index contributed by atoms with van der Waals surface area (Å²) in [6.45, 7) is 10.6. The van der Waals surface area contributed by atoms with E-state index in [9.17, 15) is 4.79 Å². The van der Waals surface area contributed by atoms with Gasteiger partial charge in [0.2, 0.25) is 0 Å². The fourth-order valence-electron chi connectivity index (χ4n) is 2.65. The average molecular weight is 268 g/mol. The van der Waals surface area contributed by atoms with Crippen LogP contribution in [0.4, 0.5) is 0 Å². The summed E-state index contributed by atoms with van der Waals surface area (Å²) in [5.41, 5.74) is 4.63. The number of allylic oxidation sites excluding steroid dienone is 4. The van der Waals surface area contributed by atoms with Crippen LogP contribution in [0, 0.1) is 0 Å². The molecule has 0 amide bonds. The van der Waals surface area contributed by atoms with E-state index in [0.717, 1.165) is 11.1 Å². The predicted molar refractivity (Wildman–Crippen MR) is 85.4 cm³/mol. The first-order valence-electron chi connectivity index (χ1n) is 7.37. The summed E-state index contributed by atoms with van der Waals surface area (Å²) in [7, 11) is 0. The summed E-state index contributed by atoms with van der Waals surface area (Å²) in [6, 6.07) is 6.41. The smallest absolute Gasteiger partial charge is 0.162 e. The monoisotopic (exact) mass is 268 g/mol. The molecule has 0 aliphatic heterocycles. The largest absolute Gasteiger partial charge is 0.294 e. The molecule has 0 N–H and O–H groups in total. The van der Waals surface area contributed by atoms with Crippen molar-refractivity contribution in [1.29, 1.82) is 0 Å². The molecule has 2 rings (SSSR count). The number of carbonyl (C=O) groups is 1. The second-order valence-corrected chi connectivity index (χ2v) is 6.60. The van der Waals surface area contributed by atoms with Crippen LogP contribution in [0.1, 0.15) is 68.4 Å². The highest BCUT2D eigenvalue weighted by Crippen LogP contribution is 2.34. The van der Waals surface area contributed by atoms with E-state index >= 15 is 0 Å². The lowest BCUT2D eigenvalue weighted by atomic mass is 9.81. The van der Waals surface area contributed by atoms with Crippen LogP contribution >= 0.6 is 0 Å². The Bertz CT molecular complexity index is 582. The summed E-state index contributed by atoms with van der Waals surface area (Å²) < 4.78 is 0. The van der Waals surface area contributed by atoms with Crippen LogP contribution in [0.15, 0.2) is 42.0 Å². The number of rotatable bonds is 3. The SMILES string of the molecule is CCC(=O)c1cc(C(C)(C)C)ccc1C1C=CC=C1C. The molecular formula is C19H24O. The maximum Gasteiger partial charge on any atom is 0.162 e. The van der Waals surface area contributed by atoms with Crippen molar-refractivity contribution in [2.24, 2.45) is 0 Å². The molecule has 0 saturated heterocycles. The Balaban J connectivity index is 2.55. The van der Waals surface area contributed by atoms with Gasteiger partial charge in [-0.2, -0.15) is 0 Å². The Morgan fingerprint density at radius 1 is 1.25 bits per heavy atom. The van der Waals surface area contributed by atoms with Gasteiger partial charge in [0.15, 0.2) is 5.78 Å². The molecule has 106 valence electrons. The quantitative estimate of drug-likeness (QED) is 0.691. The minimum absolute atomic E-state index is 0.0672. The Labute approximate surface area is 122 Å². The van der Waals surface area contributed by atoms with Crippen LogP contribution in [0.5, 0.6) is 0 Å². The molecule has 0 spiro atoms. The van der Waals surface area contributed by atoms with Crippen molar-refractivity contribution in [1.82, 2.24) is 0 Å². The molecule has 1 atom stereocenters. The normalized spacial score (nSPS) is 18.2. The highest BCUT2D eigenvalue weighted by Gasteiger charge is 2.22. The van der Waals surface area contributed by atoms with E-state index in [-0.39, 0.29) is 17.1 Å². The molecule has 1 aromatic carbocycles. The molecule has 1 aliphatic rings. The third-order valence-corrected chi connectivity index (χ3v) is 4.03. The van der Waals surface area contributed by atoms with E-state index in [2.05, 4.69) is 64.1 Å². The average Bonchev–Trinajstić information content (AvgIpc) is 2.82. The number of Topliss-reactive ketones (excluding diaryl/α,β-unsaturated/α-hetero) is 1. The number of ketones is 1. The topological polar surface area (TPSA) is 17.1 Å². The van der Waals surface area contributed by atoms with Crippen LogP contribution in [0.2, 0.25) is 0 Å². The minimum atomic E-state index is 0.0672. The van der Waals surface area contributed by atoms with Crippen LogP contribution in [-0.4, -0.2) is 5.78 Å². The van der Waals surface area contributed by atoms with E-state index in [1.54, 1.807) is 0 Å². The van der Waals surface area contributed by atoms with Gasteiger partial charge in [-0.15, -0.1) is 0 Å². The Hall–Kier alpha value is -1.63. The highest BCUT2D eigenvalue weighted by atomic mass is 16.1. The second-order valence-electron chi connectivity index (χ2n) is 6.60. The summed E-state index contributed by atoms with van der Waals surface area (Å²) in [4.78, 5) is 12.3. The van der Waals surface area contributed by atoms with Crippen LogP contribution < -0.4 is 0 Å². The molecule has 1 heteroatoms. The third-order valence-electron chi connectivity index (χ3n) is 4.03. The molecule has 0 radical (unpaired) electrons. The van der Waals surface area contributed by atoms with Gasteiger partial charge < -0.3 is 0 Å². The Kier molecular flexibility index (Phi) is 3.99. The Morgan fingerprint density at radius 2 is 1.95 bits per heavy atom. The zero-order valence-electron chi connectivity index (χ0n) is 13.2. The molecule has 1 aliphatic carbocycles. The maximum absolute atomic E-state index is 12.3. The van der Waals surface area contributed by atoms with Crippen molar-refractivity contribution in [3.8, 4) is 0 Å². The van der Waals surface area contributed by atoms with Crippen molar-refractivity contribution in [3.63, 3.8) is 0 Å². The van der Waals surface area contributed by atoms with E-state index < -0.39 is 0 Å². The summed E-state index contributed by atoms with van der Waals surface area (Å²) >= 11 is 0. The van der Waals surface area contributed by atoms with Gasteiger partial charge in [0, 0.05) is 17.9 Å². The highest BCUT2D eigenvalue weighted by molar-refractivity contribution is 5.98. The zero-order chi connectivity index (χ0) is 14.9. The number of hydrogen-bond donors (Lipinski definition) is 0.